The Hall–Kier alpha value is -3.19. The van der Waals surface area contributed by atoms with Crippen LogP contribution in [0.15, 0.2) is 17.1 Å². The van der Waals surface area contributed by atoms with Gasteiger partial charge in [0.1, 0.15) is 24.0 Å². The standard InChI is InChI=1S/C19H26F2N6O9S/c20-19(21)14(31)10(6-28)36-17(19)27-4-3-11(26-18(27)35)25-13(30)5-23-15(32)9(7-37)24-12(29)2-1-8(22)16(33)34/h3-4,8-10,14,17,28,31,37H,1-2,5-7,22H2,(H,23,32)(H,24,29)(H,33,34)(H,25,26,30,35)/t8?,9?,10-,14-,17-/m1/s1. The molecular formula is C19H26F2N6O9S. The van der Waals surface area contributed by atoms with Gasteiger partial charge in [0, 0.05) is 18.4 Å². The van der Waals surface area contributed by atoms with Gasteiger partial charge in [0.05, 0.1) is 13.2 Å². The second kappa shape index (κ2) is 12.9. The van der Waals surface area contributed by atoms with Gasteiger partial charge in [-0.25, -0.2) is 4.79 Å². The maximum atomic E-state index is 14.2. The zero-order valence-corrected chi connectivity index (χ0v) is 19.9. The van der Waals surface area contributed by atoms with Crippen LogP contribution >= 0.6 is 12.6 Å². The molecule has 1 aliphatic heterocycles. The topological polar surface area (TPSA) is 235 Å². The number of nitrogens with zero attached hydrogens (tertiary/aromatic N) is 2. The fraction of sp³-hybridized carbons (Fsp3) is 0.579. The second-order valence-electron chi connectivity index (χ2n) is 7.88. The van der Waals surface area contributed by atoms with E-state index in [1.54, 1.807) is 0 Å². The molecule has 206 valence electrons. The van der Waals surface area contributed by atoms with E-state index in [0.29, 0.717) is 4.57 Å². The number of hydrogen-bond acceptors (Lipinski definition) is 11. The van der Waals surface area contributed by atoms with Crippen molar-refractivity contribution < 1.29 is 48.0 Å². The highest BCUT2D eigenvalue weighted by atomic mass is 32.1. The molecule has 1 aliphatic rings. The molecule has 1 aromatic heterocycles. The first-order valence-electron chi connectivity index (χ1n) is 10.7. The van der Waals surface area contributed by atoms with E-state index in [-0.39, 0.29) is 24.4 Å². The summed E-state index contributed by atoms with van der Waals surface area (Å²) in [5, 5.41) is 34.1. The maximum absolute atomic E-state index is 14.2. The zero-order chi connectivity index (χ0) is 27.9. The van der Waals surface area contributed by atoms with E-state index in [9.17, 15) is 37.9 Å². The molecule has 1 aromatic rings. The Balaban J connectivity index is 1.91. The lowest BCUT2D eigenvalue weighted by Crippen LogP contribution is -2.49. The van der Waals surface area contributed by atoms with Crippen LogP contribution in [-0.4, -0.2) is 97.7 Å². The fourth-order valence-electron chi connectivity index (χ4n) is 3.13. The number of rotatable bonds is 12. The zero-order valence-electron chi connectivity index (χ0n) is 19.0. The van der Waals surface area contributed by atoms with Crippen LogP contribution in [0.5, 0.6) is 0 Å². The number of carboxylic acids is 1. The highest BCUT2D eigenvalue weighted by Gasteiger charge is 2.59. The van der Waals surface area contributed by atoms with E-state index >= 15 is 0 Å². The van der Waals surface area contributed by atoms with E-state index in [1.165, 1.54) is 0 Å². The summed E-state index contributed by atoms with van der Waals surface area (Å²) in [6.07, 6.45) is -5.80. The summed E-state index contributed by atoms with van der Waals surface area (Å²) in [7, 11) is 0. The van der Waals surface area contributed by atoms with E-state index in [0.717, 1.165) is 12.3 Å². The molecular weight excluding hydrogens is 526 g/mol. The summed E-state index contributed by atoms with van der Waals surface area (Å²) in [5.41, 5.74) is 4.05. The molecule has 0 aromatic carbocycles. The van der Waals surface area contributed by atoms with Crippen LogP contribution in [-0.2, 0) is 23.9 Å². The summed E-state index contributed by atoms with van der Waals surface area (Å²) < 4.78 is 33.7. The van der Waals surface area contributed by atoms with Crippen LogP contribution in [0.25, 0.3) is 0 Å². The summed E-state index contributed by atoms with van der Waals surface area (Å²) in [5.74, 6) is -7.98. The van der Waals surface area contributed by atoms with Crippen molar-refractivity contribution >= 4 is 42.1 Å². The number of carboxylic acid groups (broad SMARTS) is 1. The van der Waals surface area contributed by atoms with Crippen molar-refractivity contribution in [3.63, 3.8) is 0 Å². The number of carbonyl (C=O) groups excluding carboxylic acids is 3. The SMILES string of the molecule is NC(CCC(=O)NC(CS)C(=O)NCC(=O)Nc1ccn([C@@H]2O[C@H](CO)[C@@H](O)C2(F)F)c(=O)n1)C(=O)O. The number of ether oxygens (including phenoxy) is 1. The summed E-state index contributed by atoms with van der Waals surface area (Å²) in [6, 6.07) is -1.41. The van der Waals surface area contributed by atoms with Gasteiger partial charge < -0.3 is 41.7 Å². The number of halogens is 2. The van der Waals surface area contributed by atoms with Crippen molar-refractivity contribution in [1.82, 2.24) is 20.2 Å². The van der Waals surface area contributed by atoms with Gasteiger partial charge >= 0.3 is 17.6 Å². The Morgan fingerprint density at radius 2 is 1.97 bits per heavy atom. The van der Waals surface area contributed by atoms with Crippen LogP contribution in [0, 0.1) is 0 Å². The molecule has 0 saturated carbocycles. The predicted molar refractivity (Wildman–Crippen MR) is 123 cm³/mol. The van der Waals surface area contributed by atoms with Crippen molar-refractivity contribution in [3.8, 4) is 0 Å². The van der Waals surface area contributed by atoms with Gasteiger partial charge in [0.15, 0.2) is 6.10 Å². The van der Waals surface area contributed by atoms with E-state index in [2.05, 4.69) is 33.6 Å². The number of anilines is 1. The molecule has 1 fully saturated rings. The van der Waals surface area contributed by atoms with E-state index in [4.69, 9.17) is 20.7 Å². The van der Waals surface area contributed by atoms with E-state index in [1.807, 2.05) is 0 Å². The number of thiol groups is 1. The lowest BCUT2D eigenvalue weighted by molar-refractivity contribution is -0.141. The molecule has 18 heteroatoms. The number of nitrogens with two attached hydrogens (primary N) is 1. The fourth-order valence-corrected chi connectivity index (χ4v) is 3.38. The molecule has 2 unspecified atom stereocenters. The molecule has 1 saturated heterocycles. The first kappa shape index (κ1) is 30.0. The third-order valence-electron chi connectivity index (χ3n) is 5.17. The van der Waals surface area contributed by atoms with Crippen LogP contribution in [0.3, 0.4) is 0 Å². The van der Waals surface area contributed by atoms with Gasteiger partial charge in [-0.15, -0.1) is 0 Å². The number of carbonyl (C=O) groups is 4. The molecule has 3 amide bonds. The number of aliphatic carboxylic acids is 1. The molecule has 0 radical (unpaired) electrons. The first-order chi connectivity index (χ1) is 17.3. The lowest BCUT2D eigenvalue weighted by Gasteiger charge is -2.21. The highest BCUT2D eigenvalue weighted by molar-refractivity contribution is 7.80. The first-order valence-corrected chi connectivity index (χ1v) is 11.3. The molecule has 2 rings (SSSR count). The third-order valence-corrected chi connectivity index (χ3v) is 5.53. The number of alkyl halides is 2. The average molecular weight is 553 g/mol. The maximum Gasteiger partial charge on any atom is 0.351 e. The number of aromatic nitrogens is 2. The van der Waals surface area contributed by atoms with Crippen LogP contribution in [0.2, 0.25) is 0 Å². The minimum Gasteiger partial charge on any atom is -0.480 e. The van der Waals surface area contributed by atoms with Crippen molar-refractivity contribution in [2.75, 3.05) is 24.2 Å². The number of amides is 3. The summed E-state index contributed by atoms with van der Waals surface area (Å²) in [6.45, 7) is -1.53. The minimum absolute atomic E-state index is 0.149. The van der Waals surface area contributed by atoms with Crippen LogP contribution in [0.1, 0.15) is 19.1 Å². The van der Waals surface area contributed by atoms with Crippen molar-refractivity contribution in [1.29, 1.82) is 0 Å². The van der Waals surface area contributed by atoms with Gasteiger partial charge in [0.2, 0.25) is 23.9 Å². The minimum atomic E-state index is -3.91. The summed E-state index contributed by atoms with van der Waals surface area (Å²) >= 11 is 3.95. The number of aliphatic hydroxyl groups excluding tert-OH is 2. The van der Waals surface area contributed by atoms with Crippen LogP contribution in [0.4, 0.5) is 14.6 Å². The monoisotopic (exact) mass is 552 g/mol. The predicted octanol–water partition coefficient (Wildman–Crippen LogP) is -3.21. The van der Waals surface area contributed by atoms with Crippen LogP contribution < -0.4 is 27.4 Å². The Bertz CT molecular complexity index is 1070. The smallest absolute Gasteiger partial charge is 0.351 e. The summed E-state index contributed by atoms with van der Waals surface area (Å²) in [4.78, 5) is 62.6. The Kier molecular flexibility index (Phi) is 10.4. The Morgan fingerprint density at radius 3 is 2.51 bits per heavy atom. The molecule has 5 atom stereocenters. The van der Waals surface area contributed by atoms with Gasteiger partial charge in [-0.1, -0.05) is 0 Å². The average Bonchev–Trinajstić information content (AvgIpc) is 3.07. The highest BCUT2D eigenvalue weighted by Crippen LogP contribution is 2.41. The number of nitrogens with one attached hydrogen (secondary N) is 3. The lowest BCUT2D eigenvalue weighted by atomic mass is 10.1. The molecule has 0 bridgehead atoms. The largest absolute Gasteiger partial charge is 0.480 e. The van der Waals surface area contributed by atoms with Crippen molar-refractivity contribution in [2.24, 2.45) is 5.73 Å². The number of hydrogen-bond donors (Lipinski definition) is 8. The van der Waals surface area contributed by atoms with E-state index < -0.39 is 79.0 Å². The molecule has 2 heterocycles. The second-order valence-corrected chi connectivity index (χ2v) is 8.25. The van der Waals surface area contributed by atoms with Gasteiger partial charge in [-0.2, -0.15) is 26.4 Å². The number of aliphatic hydroxyl groups is 2. The van der Waals surface area contributed by atoms with Gasteiger partial charge in [-0.05, 0) is 12.5 Å². The van der Waals surface area contributed by atoms with Gasteiger partial charge in [-0.3, -0.25) is 23.7 Å². The Labute approximate surface area is 212 Å². The van der Waals surface area contributed by atoms with Crippen molar-refractivity contribution in [3.05, 3.63) is 22.7 Å². The quantitative estimate of drug-likeness (QED) is 0.120. The Morgan fingerprint density at radius 1 is 1.30 bits per heavy atom. The molecule has 37 heavy (non-hydrogen) atoms. The molecule has 8 N–H and O–H groups in total. The molecule has 15 nitrogen and oxygen atoms in total. The normalized spacial score (nSPS) is 22.1. The molecule has 0 aliphatic carbocycles. The van der Waals surface area contributed by atoms with Crippen molar-refractivity contribution in [2.45, 2.75) is 49.3 Å². The van der Waals surface area contributed by atoms with Gasteiger partial charge in [0.25, 0.3) is 0 Å². The third kappa shape index (κ3) is 7.65. The molecule has 0 spiro atoms.